The highest BCUT2D eigenvalue weighted by Gasteiger charge is 2.32. The third-order valence-electron chi connectivity index (χ3n) is 3.23. The number of benzene rings is 1. The molecule has 0 heterocycles. The maximum absolute atomic E-state index is 12.4. The van der Waals surface area contributed by atoms with Gasteiger partial charge in [0.05, 0.1) is 7.11 Å². The Hall–Kier alpha value is -1.03. The number of carbonyl (C=O) groups excluding carboxylic acids is 1. The summed E-state index contributed by atoms with van der Waals surface area (Å²) in [5, 5.41) is 0.818. The molecule has 0 saturated heterocycles. The summed E-state index contributed by atoms with van der Waals surface area (Å²) in [5.74, 6) is 0.880. The maximum Gasteiger partial charge on any atom is 0.254 e. The topological polar surface area (TPSA) is 29.5 Å². The molecule has 1 amide bonds. The molecule has 0 aromatic heterocycles. The first-order valence-electron chi connectivity index (χ1n) is 6.19. The summed E-state index contributed by atoms with van der Waals surface area (Å²) in [7, 11) is 1.63. The minimum Gasteiger partial charge on any atom is -0.496 e. The van der Waals surface area contributed by atoms with E-state index in [1.807, 2.05) is 30.0 Å². The minimum atomic E-state index is 0.107. The third kappa shape index (κ3) is 2.86. The summed E-state index contributed by atoms with van der Waals surface area (Å²) in [6.45, 7) is 2.74. The summed E-state index contributed by atoms with van der Waals surface area (Å²) in [6, 6.07) is 6.08. The predicted octanol–water partition coefficient (Wildman–Crippen LogP) is 3.00. The average molecular weight is 312 g/mol. The molecule has 0 bridgehead atoms. The van der Waals surface area contributed by atoms with E-state index in [0.717, 1.165) is 36.0 Å². The van der Waals surface area contributed by atoms with Crippen LogP contribution in [-0.2, 0) is 0 Å². The molecule has 3 nitrogen and oxygen atoms in total. The largest absolute Gasteiger partial charge is 0.496 e. The standard InChI is InChI=1S/C14H18BrNO2/c1-10-3-4-11(9-13(10)18-2)14(17)16(8-7-15)12-5-6-12/h3-4,9,12H,5-8H2,1-2H3. The molecule has 1 fully saturated rings. The molecule has 0 unspecified atom stereocenters. The third-order valence-corrected chi connectivity index (χ3v) is 3.58. The molecular weight excluding hydrogens is 294 g/mol. The lowest BCUT2D eigenvalue weighted by molar-refractivity contribution is 0.0754. The summed E-state index contributed by atoms with van der Waals surface area (Å²) in [4.78, 5) is 14.4. The van der Waals surface area contributed by atoms with E-state index in [2.05, 4.69) is 15.9 Å². The number of halogens is 1. The first-order chi connectivity index (χ1) is 8.67. The summed E-state index contributed by atoms with van der Waals surface area (Å²) >= 11 is 3.41. The van der Waals surface area contributed by atoms with Gasteiger partial charge < -0.3 is 9.64 Å². The zero-order chi connectivity index (χ0) is 13.1. The van der Waals surface area contributed by atoms with Gasteiger partial charge in [-0.15, -0.1) is 0 Å². The molecule has 0 atom stereocenters. The second kappa shape index (κ2) is 5.74. The maximum atomic E-state index is 12.4. The molecule has 0 aliphatic heterocycles. The van der Waals surface area contributed by atoms with Crippen molar-refractivity contribution in [1.82, 2.24) is 4.90 Å². The average Bonchev–Trinajstić information content (AvgIpc) is 3.20. The van der Waals surface area contributed by atoms with Crippen LogP contribution < -0.4 is 4.74 Å². The van der Waals surface area contributed by atoms with Gasteiger partial charge in [-0.05, 0) is 37.5 Å². The van der Waals surface area contributed by atoms with Crippen LogP contribution in [0.15, 0.2) is 18.2 Å². The van der Waals surface area contributed by atoms with E-state index >= 15 is 0 Å². The van der Waals surface area contributed by atoms with Crippen LogP contribution in [0.5, 0.6) is 5.75 Å². The molecule has 2 rings (SSSR count). The van der Waals surface area contributed by atoms with Gasteiger partial charge in [0.1, 0.15) is 5.75 Å². The molecule has 1 aliphatic rings. The minimum absolute atomic E-state index is 0.107. The fourth-order valence-electron chi connectivity index (χ4n) is 2.05. The molecule has 0 N–H and O–H groups in total. The molecule has 0 radical (unpaired) electrons. The van der Waals surface area contributed by atoms with Crippen LogP contribution in [0.1, 0.15) is 28.8 Å². The lowest BCUT2D eigenvalue weighted by Gasteiger charge is -2.21. The second-order valence-electron chi connectivity index (χ2n) is 4.60. The molecular formula is C14H18BrNO2. The SMILES string of the molecule is COc1cc(C(=O)N(CCBr)C2CC2)ccc1C. The van der Waals surface area contributed by atoms with E-state index in [-0.39, 0.29) is 5.91 Å². The van der Waals surface area contributed by atoms with E-state index in [0.29, 0.717) is 11.6 Å². The Morgan fingerprint density at radius 2 is 2.22 bits per heavy atom. The van der Waals surface area contributed by atoms with E-state index in [1.54, 1.807) is 7.11 Å². The number of hydrogen-bond acceptors (Lipinski definition) is 2. The van der Waals surface area contributed by atoms with E-state index in [4.69, 9.17) is 4.74 Å². The zero-order valence-corrected chi connectivity index (χ0v) is 12.4. The van der Waals surface area contributed by atoms with Crippen LogP contribution in [0, 0.1) is 6.92 Å². The Morgan fingerprint density at radius 1 is 1.50 bits per heavy atom. The van der Waals surface area contributed by atoms with Gasteiger partial charge in [0.2, 0.25) is 0 Å². The van der Waals surface area contributed by atoms with Gasteiger partial charge in [0, 0.05) is 23.5 Å². The molecule has 98 valence electrons. The highest BCUT2D eigenvalue weighted by Crippen LogP contribution is 2.29. The van der Waals surface area contributed by atoms with Gasteiger partial charge in [0.25, 0.3) is 5.91 Å². The number of carbonyl (C=O) groups is 1. The number of alkyl halides is 1. The summed E-state index contributed by atoms with van der Waals surface area (Å²) < 4.78 is 5.27. The molecule has 18 heavy (non-hydrogen) atoms. The quantitative estimate of drug-likeness (QED) is 0.782. The van der Waals surface area contributed by atoms with Crippen molar-refractivity contribution < 1.29 is 9.53 Å². The number of aryl methyl sites for hydroxylation is 1. The van der Waals surface area contributed by atoms with Crippen molar-refractivity contribution in [3.05, 3.63) is 29.3 Å². The van der Waals surface area contributed by atoms with Gasteiger partial charge in [-0.2, -0.15) is 0 Å². The van der Waals surface area contributed by atoms with Gasteiger partial charge in [-0.3, -0.25) is 4.79 Å². The van der Waals surface area contributed by atoms with Crippen LogP contribution in [0.25, 0.3) is 0 Å². The van der Waals surface area contributed by atoms with Crippen molar-refractivity contribution in [3.8, 4) is 5.75 Å². The first-order valence-corrected chi connectivity index (χ1v) is 7.31. The second-order valence-corrected chi connectivity index (χ2v) is 5.40. The number of hydrogen-bond donors (Lipinski definition) is 0. The Balaban J connectivity index is 2.21. The van der Waals surface area contributed by atoms with Crippen LogP contribution in [0.3, 0.4) is 0 Å². The Morgan fingerprint density at radius 3 is 2.78 bits per heavy atom. The van der Waals surface area contributed by atoms with Crippen molar-refractivity contribution >= 4 is 21.8 Å². The van der Waals surface area contributed by atoms with Crippen molar-refractivity contribution in [2.75, 3.05) is 19.0 Å². The normalized spacial score (nSPS) is 14.4. The Labute approximate surface area is 116 Å². The lowest BCUT2D eigenvalue weighted by atomic mass is 10.1. The fraction of sp³-hybridized carbons (Fsp3) is 0.500. The van der Waals surface area contributed by atoms with Crippen LogP contribution in [-0.4, -0.2) is 35.8 Å². The smallest absolute Gasteiger partial charge is 0.254 e. The van der Waals surface area contributed by atoms with Crippen molar-refractivity contribution in [2.24, 2.45) is 0 Å². The van der Waals surface area contributed by atoms with E-state index in [9.17, 15) is 4.79 Å². The van der Waals surface area contributed by atoms with E-state index < -0.39 is 0 Å². The number of methoxy groups -OCH3 is 1. The first kappa shape index (κ1) is 13.4. The van der Waals surface area contributed by atoms with E-state index in [1.165, 1.54) is 0 Å². The molecule has 0 spiro atoms. The molecule has 1 aliphatic carbocycles. The lowest BCUT2D eigenvalue weighted by Crippen LogP contribution is -2.34. The van der Waals surface area contributed by atoms with Crippen LogP contribution in [0.4, 0.5) is 0 Å². The molecule has 4 heteroatoms. The molecule has 1 aromatic carbocycles. The van der Waals surface area contributed by atoms with Gasteiger partial charge in [0.15, 0.2) is 0 Å². The van der Waals surface area contributed by atoms with Crippen molar-refractivity contribution in [3.63, 3.8) is 0 Å². The molecule has 1 saturated carbocycles. The highest BCUT2D eigenvalue weighted by atomic mass is 79.9. The molecule has 1 aromatic rings. The number of rotatable bonds is 5. The van der Waals surface area contributed by atoms with Crippen LogP contribution >= 0.6 is 15.9 Å². The van der Waals surface area contributed by atoms with Crippen LogP contribution in [0.2, 0.25) is 0 Å². The zero-order valence-electron chi connectivity index (χ0n) is 10.8. The number of amides is 1. The van der Waals surface area contributed by atoms with Gasteiger partial charge in [-0.25, -0.2) is 0 Å². The van der Waals surface area contributed by atoms with Crippen molar-refractivity contribution in [2.45, 2.75) is 25.8 Å². The number of ether oxygens (including phenoxy) is 1. The summed E-state index contributed by atoms with van der Waals surface area (Å²) in [6.07, 6.45) is 2.25. The van der Waals surface area contributed by atoms with Crippen molar-refractivity contribution in [1.29, 1.82) is 0 Å². The summed E-state index contributed by atoms with van der Waals surface area (Å²) in [5.41, 5.74) is 1.76. The Kier molecular flexibility index (Phi) is 4.27. The van der Waals surface area contributed by atoms with Gasteiger partial charge >= 0.3 is 0 Å². The fourth-order valence-corrected chi connectivity index (χ4v) is 2.43. The monoisotopic (exact) mass is 311 g/mol. The Bertz CT molecular complexity index is 443. The highest BCUT2D eigenvalue weighted by molar-refractivity contribution is 9.09. The predicted molar refractivity (Wildman–Crippen MR) is 75.6 cm³/mol. The number of nitrogens with zero attached hydrogens (tertiary/aromatic N) is 1. The van der Waals surface area contributed by atoms with Gasteiger partial charge in [-0.1, -0.05) is 22.0 Å².